The SMILES string of the molecule is CCCn1nc2c(cc1=O)CN(CCOCC)CC2. The van der Waals surface area contributed by atoms with Crippen molar-refractivity contribution in [3.63, 3.8) is 0 Å². The van der Waals surface area contributed by atoms with Gasteiger partial charge in [0.2, 0.25) is 0 Å². The van der Waals surface area contributed by atoms with Crippen molar-refractivity contribution >= 4 is 0 Å². The maximum Gasteiger partial charge on any atom is 0.267 e. The van der Waals surface area contributed by atoms with Crippen molar-refractivity contribution in [1.29, 1.82) is 0 Å². The molecule has 0 radical (unpaired) electrons. The highest BCUT2D eigenvalue weighted by Gasteiger charge is 2.18. The zero-order valence-corrected chi connectivity index (χ0v) is 11.9. The molecule has 0 saturated heterocycles. The molecule has 0 saturated carbocycles. The molecule has 2 rings (SSSR count). The zero-order valence-electron chi connectivity index (χ0n) is 11.9. The van der Waals surface area contributed by atoms with Crippen LogP contribution in [0.3, 0.4) is 0 Å². The lowest BCUT2D eigenvalue weighted by molar-refractivity contribution is 0.108. The van der Waals surface area contributed by atoms with Gasteiger partial charge in [0.15, 0.2) is 0 Å². The van der Waals surface area contributed by atoms with Gasteiger partial charge in [-0.1, -0.05) is 6.92 Å². The molecule has 0 aromatic carbocycles. The van der Waals surface area contributed by atoms with E-state index in [1.807, 2.05) is 6.92 Å². The highest BCUT2D eigenvalue weighted by atomic mass is 16.5. The molecule has 0 unspecified atom stereocenters. The van der Waals surface area contributed by atoms with Crippen LogP contribution in [0.4, 0.5) is 0 Å². The van der Waals surface area contributed by atoms with Gasteiger partial charge in [-0.25, -0.2) is 4.68 Å². The highest BCUT2D eigenvalue weighted by molar-refractivity contribution is 5.20. The number of hydrogen-bond donors (Lipinski definition) is 0. The van der Waals surface area contributed by atoms with Crippen molar-refractivity contribution in [3.8, 4) is 0 Å². The van der Waals surface area contributed by atoms with E-state index in [4.69, 9.17) is 4.74 Å². The summed E-state index contributed by atoms with van der Waals surface area (Å²) in [5.41, 5.74) is 2.19. The van der Waals surface area contributed by atoms with Gasteiger partial charge >= 0.3 is 0 Å². The van der Waals surface area contributed by atoms with E-state index in [-0.39, 0.29) is 5.56 Å². The van der Waals surface area contributed by atoms with Crippen LogP contribution in [-0.4, -0.2) is 41.0 Å². The third kappa shape index (κ3) is 3.64. The first-order valence-corrected chi connectivity index (χ1v) is 7.14. The molecule has 1 aromatic rings. The molecule has 0 bridgehead atoms. The summed E-state index contributed by atoms with van der Waals surface area (Å²) < 4.78 is 6.97. The molecule has 0 atom stereocenters. The predicted molar refractivity (Wildman–Crippen MR) is 74.3 cm³/mol. The molecule has 0 N–H and O–H groups in total. The summed E-state index contributed by atoms with van der Waals surface area (Å²) in [6.45, 7) is 9.02. The maximum atomic E-state index is 11.9. The number of ether oxygens (including phenoxy) is 1. The van der Waals surface area contributed by atoms with Gasteiger partial charge in [0.25, 0.3) is 5.56 Å². The van der Waals surface area contributed by atoms with E-state index in [1.165, 1.54) is 0 Å². The summed E-state index contributed by atoms with van der Waals surface area (Å²) >= 11 is 0. The van der Waals surface area contributed by atoms with Crippen molar-refractivity contribution in [3.05, 3.63) is 27.7 Å². The number of aromatic nitrogens is 2. The summed E-state index contributed by atoms with van der Waals surface area (Å²) in [4.78, 5) is 14.2. The number of hydrogen-bond acceptors (Lipinski definition) is 4. The predicted octanol–water partition coefficient (Wildman–Crippen LogP) is 1.05. The van der Waals surface area contributed by atoms with Crippen molar-refractivity contribution in [2.45, 2.75) is 39.8 Å². The smallest absolute Gasteiger partial charge is 0.267 e. The van der Waals surface area contributed by atoms with E-state index in [9.17, 15) is 4.79 Å². The molecule has 0 amide bonds. The molecule has 5 nitrogen and oxygen atoms in total. The highest BCUT2D eigenvalue weighted by Crippen LogP contribution is 2.14. The Labute approximate surface area is 114 Å². The molecular weight excluding hydrogens is 242 g/mol. The minimum atomic E-state index is 0.0206. The lowest BCUT2D eigenvalue weighted by atomic mass is 10.1. The monoisotopic (exact) mass is 265 g/mol. The molecule has 1 aliphatic rings. The number of nitrogens with zero attached hydrogens (tertiary/aromatic N) is 3. The number of fused-ring (bicyclic) bond motifs is 1. The first kappa shape index (κ1) is 14.2. The maximum absolute atomic E-state index is 11.9. The van der Waals surface area contributed by atoms with Crippen LogP contribution in [0.2, 0.25) is 0 Å². The standard InChI is InChI=1S/C14H23N3O2/c1-3-6-17-14(18)10-12-11-16(8-9-19-4-2)7-5-13(12)15-17/h10H,3-9,11H2,1-2H3. The van der Waals surface area contributed by atoms with Gasteiger partial charge in [-0.3, -0.25) is 9.69 Å². The Morgan fingerprint density at radius 1 is 1.37 bits per heavy atom. The van der Waals surface area contributed by atoms with Crippen LogP contribution in [0.15, 0.2) is 10.9 Å². The fourth-order valence-electron chi connectivity index (χ4n) is 2.40. The Kier molecular flexibility index (Phi) is 5.10. The molecular formula is C14H23N3O2. The molecule has 0 spiro atoms. The average molecular weight is 265 g/mol. The first-order chi connectivity index (χ1) is 9.24. The van der Waals surface area contributed by atoms with Gasteiger partial charge < -0.3 is 4.74 Å². The lowest BCUT2D eigenvalue weighted by Gasteiger charge is -2.28. The Bertz CT molecular complexity index is 470. The van der Waals surface area contributed by atoms with Crippen LogP contribution in [0, 0.1) is 0 Å². The lowest BCUT2D eigenvalue weighted by Crippen LogP contribution is -2.36. The summed E-state index contributed by atoms with van der Waals surface area (Å²) in [6, 6.07) is 1.75. The van der Waals surface area contributed by atoms with E-state index in [2.05, 4.69) is 16.9 Å². The number of rotatable bonds is 6. The Balaban J connectivity index is 2.04. The zero-order chi connectivity index (χ0) is 13.7. The van der Waals surface area contributed by atoms with Crippen LogP contribution in [-0.2, 0) is 24.2 Å². The average Bonchev–Trinajstić information content (AvgIpc) is 2.40. The second kappa shape index (κ2) is 6.82. The first-order valence-electron chi connectivity index (χ1n) is 7.14. The van der Waals surface area contributed by atoms with Gasteiger partial charge in [-0.05, 0) is 18.9 Å². The topological polar surface area (TPSA) is 47.4 Å². The molecule has 0 fully saturated rings. The second-order valence-electron chi connectivity index (χ2n) is 4.90. The molecule has 106 valence electrons. The van der Waals surface area contributed by atoms with Crippen LogP contribution in [0.5, 0.6) is 0 Å². The van der Waals surface area contributed by atoms with Gasteiger partial charge in [0.05, 0.1) is 12.3 Å². The van der Waals surface area contributed by atoms with E-state index < -0.39 is 0 Å². The second-order valence-corrected chi connectivity index (χ2v) is 4.90. The Hall–Kier alpha value is -1.20. The Morgan fingerprint density at radius 3 is 2.95 bits per heavy atom. The van der Waals surface area contributed by atoms with E-state index in [0.29, 0.717) is 6.54 Å². The van der Waals surface area contributed by atoms with Gasteiger partial charge in [-0.15, -0.1) is 0 Å². The minimum absolute atomic E-state index is 0.0206. The summed E-state index contributed by atoms with van der Waals surface area (Å²) in [7, 11) is 0. The molecule has 1 aromatic heterocycles. The van der Waals surface area contributed by atoms with Crippen LogP contribution < -0.4 is 5.56 Å². The van der Waals surface area contributed by atoms with Crippen LogP contribution >= 0.6 is 0 Å². The third-order valence-corrected chi connectivity index (χ3v) is 3.41. The molecule has 19 heavy (non-hydrogen) atoms. The van der Waals surface area contributed by atoms with Crippen LogP contribution in [0.1, 0.15) is 31.5 Å². The van der Waals surface area contributed by atoms with E-state index in [0.717, 1.165) is 56.9 Å². The fraction of sp³-hybridized carbons (Fsp3) is 0.714. The van der Waals surface area contributed by atoms with E-state index in [1.54, 1.807) is 10.7 Å². The van der Waals surface area contributed by atoms with Gasteiger partial charge in [-0.2, -0.15) is 5.10 Å². The van der Waals surface area contributed by atoms with E-state index >= 15 is 0 Å². The van der Waals surface area contributed by atoms with Crippen molar-refractivity contribution in [2.24, 2.45) is 0 Å². The van der Waals surface area contributed by atoms with Crippen molar-refractivity contribution in [1.82, 2.24) is 14.7 Å². The van der Waals surface area contributed by atoms with Gasteiger partial charge in [0.1, 0.15) is 0 Å². The fourth-order valence-corrected chi connectivity index (χ4v) is 2.40. The molecule has 1 aliphatic heterocycles. The summed E-state index contributed by atoms with van der Waals surface area (Å²) in [6.07, 6.45) is 1.86. The quantitative estimate of drug-likeness (QED) is 0.721. The molecule has 2 heterocycles. The normalized spacial score (nSPS) is 15.5. The molecule has 5 heteroatoms. The minimum Gasteiger partial charge on any atom is -0.380 e. The number of aryl methyl sites for hydroxylation is 1. The van der Waals surface area contributed by atoms with Gasteiger partial charge in [0, 0.05) is 45.3 Å². The van der Waals surface area contributed by atoms with Crippen molar-refractivity contribution in [2.75, 3.05) is 26.3 Å². The summed E-state index contributed by atoms with van der Waals surface area (Å²) in [5, 5.41) is 4.48. The molecule has 0 aliphatic carbocycles. The Morgan fingerprint density at radius 2 is 2.21 bits per heavy atom. The summed E-state index contributed by atoms with van der Waals surface area (Å²) in [5.74, 6) is 0. The van der Waals surface area contributed by atoms with Crippen molar-refractivity contribution < 1.29 is 4.74 Å². The largest absolute Gasteiger partial charge is 0.380 e. The van der Waals surface area contributed by atoms with Crippen LogP contribution in [0.25, 0.3) is 0 Å². The third-order valence-electron chi connectivity index (χ3n) is 3.41.